The van der Waals surface area contributed by atoms with Crippen LogP contribution in [0.2, 0.25) is 0 Å². The summed E-state index contributed by atoms with van der Waals surface area (Å²) >= 11 is 0. The van der Waals surface area contributed by atoms with Crippen molar-refractivity contribution in [2.75, 3.05) is 39.4 Å². The van der Waals surface area contributed by atoms with Crippen molar-refractivity contribution in [3.05, 3.63) is 0 Å². The second-order valence-electron chi connectivity index (χ2n) is 5.75. The first-order valence-corrected chi connectivity index (χ1v) is 6.34. The Bertz CT molecular complexity index is 223. The molecular formula is C12H24N2O2. The average molecular weight is 228 g/mol. The lowest BCUT2D eigenvalue weighted by Gasteiger charge is -2.46. The third-order valence-electron chi connectivity index (χ3n) is 4.21. The van der Waals surface area contributed by atoms with E-state index in [2.05, 4.69) is 10.2 Å². The summed E-state index contributed by atoms with van der Waals surface area (Å²) in [5.41, 5.74) is -0.383. The molecule has 0 aliphatic carbocycles. The molecule has 2 bridgehead atoms. The van der Waals surface area contributed by atoms with E-state index < -0.39 is 0 Å². The van der Waals surface area contributed by atoms with Gasteiger partial charge in [0.15, 0.2) is 0 Å². The van der Waals surface area contributed by atoms with E-state index in [1.54, 1.807) is 0 Å². The molecule has 0 radical (unpaired) electrons. The Kier molecular flexibility index (Phi) is 3.85. The van der Waals surface area contributed by atoms with Gasteiger partial charge in [-0.05, 0) is 31.8 Å². The lowest BCUT2D eigenvalue weighted by atomic mass is 9.83. The van der Waals surface area contributed by atoms with Crippen LogP contribution >= 0.6 is 0 Å². The van der Waals surface area contributed by atoms with E-state index in [0.29, 0.717) is 12.6 Å². The van der Waals surface area contributed by atoms with Crippen LogP contribution in [0.1, 0.15) is 19.8 Å². The highest BCUT2D eigenvalue weighted by Crippen LogP contribution is 2.28. The van der Waals surface area contributed by atoms with Crippen LogP contribution in [0.4, 0.5) is 0 Å². The zero-order valence-corrected chi connectivity index (χ0v) is 10.2. The summed E-state index contributed by atoms with van der Waals surface area (Å²) in [5, 5.41) is 22.0. The SMILES string of the molecule is CC(CO)(CO)CNC1CN2CCC1CC2. The Morgan fingerprint density at radius 3 is 2.31 bits per heavy atom. The minimum absolute atomic E-state index is 0.0393. The molecule has 3 N–H and O–H groups in total. The van der Waals surface area contributed by atoms with Crippen LogP contribution in [0.5, 0.6) is 0 Å². The summed E-state index contributed by atoms with van der Waals surface area (Å²) in [5.74, 6) is 0.798. The number of aliphatic hydroxyl groups excluding tert-OH is 2. The maximum atomic E-state index is 9.24. The Hall–Kier alpha value is -0.160. The lowest BCUT2D eigenvalue weighted by Crippen LogP contribution is -2.57. The Morgan fingerprint density at radius 1 is 1.25 bits per heavy atom. The highest BCUT2D eigenvalue weighted by atomic mass is 16.3. The van der Waals surface area contributed by atoms with E-state index in [-0.39, 0.29) is 18.6 Å². The number of nitrogens with zero attached hydrogens (tertiary/aromatic N) is 1. The number of fused-ring (bicyclic) bond motifs is 3. The van der Waals surface area contributed by atoms with Crippen LogP contribution in [0.25, 0.3) is 0 Å². The van der Waals surface area contributed by atoms with Gasteiger partial charge in [0.05, 0.1) is 13.2 Å². The van der Waals surface area contributed by atoms with Gasteiger partial charge in [-0.25, -0.2) is 0 Å². The van der Waals surface area contributed by atoms with E-state index in [1.807, 2.05) is 6.92 Å². The van der Waals surface area contributed by atoms with Gasteiger partial charge in [-0.2, -0.15) is 0 Å². The van der Waals surface area contributed by atoms with Crippen LogP contribution in [0.3, 0.4) is 0 Å². The van der Waals surface area contributed by atoms with Gasteiger partial charge in [-0.15, -0.1) is 0 Å². The molecule has 94 valence electrons. The van der Waals surface area contributed by atoms with E-state index in [0.717, 1.165) is 12.5 Å². The number of piperidine rings is 3. The standard InChI is InChI=1S/C12H24N2O2/c1-12(8-15,9-16)7-13-11-6-14-4-2-10(11)3-5-14/h10-11,13,15-16H,2-9H2,1H3. The predicted molar refractivity (Wildman–Crippen MR) is 63.2 cm³/mol. The summed E-state index contributed by atoms with van der Waals surface area (Å²) in [6.07, 6.45) is 2.60. The molecule has 0 aromatic carbocycles. The van der Waals surface area contributed by atoms with Gasteiger partial charge in [-0.1, -0.05) is 6.92 Å². The van der Waals surface area contributed by atoms with Crippen molar-refractivity contribution in [3.63, 3.8) is 0 Å². The maximum absolute atomic E-state index is 9.24. The fourth-order valence-electron chi connectivity index (χ4n) is 2.74. The first-order valence-electron chi connectivity index (χ1n) is 6.34. The second-order valence-corrected chi connectivity index (χ2v) is 5.75. The quantitative estimate of drug-likeness (QED) is 0.603. The highest BCUT2D eigenvalue weighted by molar-refractivity contribution is 4.92. The minimum Gasteiger partial charge on any atom is -0.396 e. The molecule has 1 atom stereocenters. The molecule has 0 aromatic heterocycles. The molecule has 3 saturated heterocycles. The molecule has 3 aliphatic rings. The molecule has 16 heavy (non-hydrogen) atoms. The van der Waals surface area contributed by atoms with Crippen molar-refractivity contribution in [2.45, 2.75) is 25.8 Å². The fraction of sp³-hybridized carbons (Fsp3) is 1.00. The van der Waals surface area contributed by atoms with Gasteiger partial charge in [0.2, 0.25) is 0 Å². The van der Waals surface area contributed by atoms with E-state index in [4.69, 9.17) is 0 Å². The molecule has 0 saturated carbocycles. The third kappa shape index (κ3) is 2.56. The molecule has 3 fully saturated rings. The Balaban J connectivity index is 1.82. The maximum Gasteiger partial charge on any atom is 0.0518 e. The van der Waals surface area contributed by atoms with E-state index in [1.165, 1.54) is 25.9 Å². The normalized spacial score (nSPS) is 34.3. The van der Waals surface area contributed by atoms with Crippen LogP contribution in [0, 0.1) is 11.3 Å². The molecular weight excluding hydrogens is 204 g/mol. The zero-order chi connectivity index (χ0) is 11.6. The van der Waals surface area contributed by atoms with Crippen LogP contribution in [-0.4, -0.2) is 60.5 Å². The molecule has 4 heteroatoms. The number of aliphatic hydroxyl groups is 2. The first kappa shape index (κ1) is 12.3. The minimum atomic E-state index is -0.383. The number of nitrogens with one attached hydrogen (secondary N) is 1. The average Bonchev–Trinajstić information content (AvgIpc) is 2.37. The molecule has 3 rings (SSSR count). The topological polar surface area (TPSA) is 55.7 Å². The molecule has 4 nitrogen and oxygen atoms in total. The van der Waals surface area contributed by atoms with E-state index in [9.17, 15) is 10.2 Å². The van der Waals surface area contributed by atoms with Crippen molar-refractivity contribution >= 4 is 0 Å². The third-order valence-corrected chi connectivity index (χ3v) is 4.21. The van der Waals surface area contributed by atoms with Gasteiger partial charge in [-0.3, -0.25) is 0 Å². The van der Waals surface area contributed by atoms with Crippen molar-refractivity contribution in [2.24, 2.45) is 11.3 Å². The largest absolute Gasteiger partial charge is 0.396 e. The molecule has 1 unspecified atom stereocenters. The molecule has 3 aliphatic heterocycles. The number of hydrogen-bond acceptors (Lipinski definition) is 4. The number of hydrogen-bond donors (Lipinski definition) is 3. The monoisotopic (exact) mass is 228 g/mol. The summed E-state index contributed by atoms with van der Waals surface area (Å²) in [6, 6.07) is 0.555. The lowest BCUT2D eigenvalue weighted by molar-refractivity contribution is 0.0399. The summed E-state index contributed by atoms with van der Waals surface area (Å²) in [4.78, 5) is 2.51. The van der Waals surface area contributed by atoms with Gasteiger partial charge in [0, 0.05) is 24.5 Å². The van der Waals surface area contributed by atoms with Crippen LogP contribution in [0.15, 0.2) is 0 Å². The Morgan fingerprint density at radius 2 is 1.88 bits per heavy atom. The molecule has 0 spiro atoms. The van der Waals surface area contributed by atoms with Gasteiger partial charge >= 0.3 is 0 Å². The number of rotatable bonds is 5. The fourth-order valence-corrected chi connectivity index (χ4v) is 2.74. The van der Waals surface area contributed by atoms with Gasteiger partial charge < -0.3 is 20.4 Å². The van der Waals surface area contributed by atoms with Crippen LogP contribution in [-0.2, 0) is 0 Å². The van der Waals surface area contributed by atoms with Crippen molar-refractivity contribution in [3.8, 4) is 0 Å². The summed E-state index contributed by atoms with van der Waals surface area (Å²) < 4.78 is 0. The first-order chi connectivity index (χ1) is 7.67. The van der Waals surface area contributed by atoms with Crippen LogP contribution < -0.4 is 5.32 Å². The zero-order valence-electron chi connectivity index (χ0n) is 10.2. The van der Waals surface area contributed by atoms with Gasteiger partial charge in [0.1, 0.15) is 0 Å². The highest BCUT2D eigenvalue weighted by Gasteiger charge is 2.35. The van der Waals surface area contributed by atoms with Gasteiger partial charge in [0.25, 0.3) is 0 Å². The molecule has 0 amide bonds. The summed E-state index contributed by atoms with van der Waals surface area (Å²) in [6.45, 7) is 6.34. The molecule has 0 aromatic rings. The summed E-state index contributed by atoms with van der Waals surface area (Å²) in [7, 11) is 0. The molecule has 3 heterocycles. The van der Waals surface area contributed by atoms with Crippen molar-refractivity contribution < 1.29 is 10.2 Å². The van der Waals surface area contributed by atoms with E-state index >= 15 is 0 Å². The smallest absolute Gasteiger partial charge is 0.0518 e. The second kappa shape index (κ2) is 5.00. The van der Waals surface area contributed by atoms with Crippen molar-refractivity contribution in [1.82, 2.24) is 10.2 Å². The predicted octanol–water partition coefficient (Wildman–Crippen LogP) is -0.339. The Labute approximate surface area is 97.6 Å². The van der Waals surface area contributed by atoms with Crippen molar-refractivity contribution in [1.29, 1.82) is 0 Å².